The largest absolute Gasteiger partial charge is 0.450 e. The van der Waals surface area contributed by atoms with Gasteiger partial charge in [-0.1, -0.05) is 0 Å². The summed E-state index contributed by atoms with van der Waals surface area (Å²) in [6.45, 7) is 0. The predicted octanol–water partition coefficient (Wildman–Crippen LogP) is 1.36. The second-order valence-electron chi connectivity index (χ2n) is 4.08. The lowest BCUT2D eigenvalue weighted by atomic mass is 10.2. The van der Waals surface area contributed by atoms with Crippen molar-refractivity contribution >= 4 is 37.8 Å². The van der Waals surface area contributed by atoms with Crippen LogP contribution in [0.15, 0.2) is 27.3 Å². The van der Waals surface area contributed by atoms with E-state index in [1.165, 1.54) is 12.2 Å². The molecular formula is C11H12BrNO4S. The third-order valence-corrected chi connectivity index (χ3v) is 4.77. The molecule has 0 aromatic carbocycles. The molecular weight excluding hydrogens is 322 g/mol. The van der Waals surface area contributed by atoms with Gasteiger partial charge < -0.3 is 9.73 Å². The summed E-state index contributed by atoms with van der Waals surface area (Å²) in [7, 11) is -2.97. The fourth-order valence-corrected chi connectivity index (χ4v) is 3.73. The minimum atomic E-state index is -2.97. The minimum Gasteiger partial charge on any atom is -0.450 e. The molecule has 98 valence electrons. The van der Waals surface area contributed by atoms with Crippen LogP contribution in [0.25, 0.3) is 6.08 Å². The molecule has 1 saturated heterocycles. The van der Waals surface area contributed by atoms with Crippen molar-refractivity contribution < 1.29 is 17.6 Å². The van der Waals surface area contributed by atoms with Crippen LogP contribution in [0.4, 0.5) is 0 Å². The fourth-order valence-electron chi connectivity index (χ4n) is 1.73. The van der Waals surface area contributed by atoms with E-state index in [2.05, 4.69) is 21.2 Å². The average molecular weight is 334 g/mol. The average Bonchev–Trinajstić information content (AvgIpc) is 2.82. The molecule has 0 radical (unpaired) electrons. The van der Waals surface area contributed by atoms with Crippen LogP contribution < -0.4 is 5.32 Å². The standard InChI is InChI=1S/C11H12BrNO4S/c12-10-3-1-9(17-10)2-4-11(14)13-8-5-6-18(15,16)7-8/h1-4,8H,5-7H2,(H,13,14)/b4-2+/t8-/m1/s1. The third-order valence-electron chi connectivity index (χ3n) is 2.57. The van der Waals surface area contributed by atoms with E-state index in [1.807, 2.05) is 0 Å². The number of halogens is 1. The summed E-state index contributed by atoms with van der Waals surface area (Å²) in [4.78, 5) is 11.5. The second kappa shape index (κ2) is 5.27. The first-order valence-corrected chi connectivity index (χ1v) is 8.00. The number of amides is 1. The highest BCUT2D eigenvalue weighted by Gasteiger charge is 2.28. The summed E-state index contributed by atoms with van der Waals surface area (Å²) in [6.07, 6.45) is 3.34. The lowest BCUT2D eigenvalue weighted by Crippen LogP contribution is -2.34. The molecule has 1 aliphatic rings. The molecule has 18 heavy (non-hydrogen) atoms. The molecule has 1 aromatic rings. The van der Waals surface area contributed by atoms with Gasteiger partial charge in [0.2, 0.25) is 5.91 Å². The Morgan fingerprint density at radius 1 is 1.50 bits per heavy atom. The maximum atomic E-state index is 11.5. The van der Waals surface area contributed by atoms with Gasteiger partial charge in [0.05, 0.1) is 11.5 Å². The highest BCUT2D eigenvalue weighted by Crippen LogP contribution is 2.15. The van der Waals surface area contributed by atoms with Crippen molar-refractivity contribution in [1.82, 2.24) is 5.32 Å². The molecule has 0 spiro atoms. The third kappa shape index (κ3) is 3.71. The first-order valence-electron chi connectivity index (χ1n) is 5.39. The number of hydrogen-bond acceptors (Lipinski definition) is 4. The Hall–Kier alpha value is -1.08. The van der Waals surface area contributed by atoms with E-state index < -0.39 is 9.84 Å². The normalized spacial score (nSPS) is 22.4. The minimum absolute atomic E-state index is 0.0267. The Bertz CT molecular complexity index is 576. The molecule has 2 heterocycles. The van der Waals surface area contributed by atoms with E-state index in [0.717, 1.165) is 0 Å². The van der Waals surface area contributed by atoms with E-state index in [9.17, 15) is 13.2 Å². The molecule has 0 saturated carbocycles. The topological polar surface area (TPSA) is 76.4 Å². The van der Waals surface area contributed by atoms with Gasteiger partial charge in [0, 0.05) is 12.1 Å². The molecule has 1 aliphatic heterocycles. The van der Waals surface area contributed by atoms with Gasteiger partial charge in [-0.3, -0.25) is 4.79 Å². The van der Waals surface area contributed by atoms with Crippen molar-refractivity contribution in [2.45, 2.75) is 12.5 Å². The summed E-state index contributed by atoms with van der Waals surface area (Å²) in [5.74, 6) is 0.409. The van der Waals surface area contributed by atoms with Gasteiger partial charge in [-0.05, 0) is 40.6 Å². The van der Waals surface area contributed by atoms with Crippen molar-refractivity contribution in [2.24, 2.45) is 0 Å². The Labute approximate surface area is 113 Å². The van der Waals surface area contributed by atoms with Crippen LogP contribution >= 0.6 is 15.9 Å². The molecule has 0 unspecified atom stereocenters. The monoisotopic (exact) mass is 333 g/mol. The molecule has 2 rings (SSSR count). The van der Waals surface area contributed by atoms with Crippen molar-refractivity contribution in [3.63, 3.8) is 0 Å². The van der Waals surface area contributed by atoms with E-state index in [4.69, 9.17) is 4.42 Å². The van der Waals surface area contributed by atoms with E-state index in [1.54, 1.807) is 12.1 Å². The van der Waals surface area contributed by atoms with Crippen molar-refractivity contribution in [3.8, 4) is 0 Å². The van der Waals surface area contributed by atoms with Crippen molar-refractivity contribution in [1.29, 1.82) is 0 Å². The van der Waals surface area contributed by atoms with Crippen LogP contribution in [0.5, 0.6) is 0 Å². The molecule has 1 fully saturated rings. The van der Waals surface area contributed by atoms with Crippen LogP contribution in [0.3, 0.4) is 0 Å². The predicted molar refractivity (Wildman–Crippen MR) is 70.6 cm³/mol. The quantitative estimate of drug-likeness (QED) is 0.847. The smallest absolute Gasteiger partial charge is 0.244 e. The van der Waals surface area contributed by atoms with E-state index in [0.29, 0.717) is 16.9 Å². The number of hydrogen-bond donors (Lipinski definition) is 1. The molecule has 1 atom stereocenters. The molecule has 7 heteroatoms. The number of carbonyl (C=O) groups is 1. The van der Waals surface area contributed by atoms with Crippen molar-refractivity contribution in [3.05, 3.63) is 28.6 Å². The van der Waals surface area contributed by atoms with Crippen LogP contribution in [-0.4, -0.2) is 31.9 Å². The summed E-state index contributed by atoms with van der Waals surface area (Å²) in [5.41, 5.74) is 0. The second-order valence-corrected chi connectivity index (χ2v) is 7.09. The van der Waals surface area contributed by atoms with Crippen molar-refractivity contribution in [2.75, 3.05) is 11.5 Å². The molecule has 0 aliphatic carbocycles. The number of furan rings is 1. The summed E-state index contributed by atoms with van der Waals surface area (Å²) >= 11 is 3.15. The molecule has 1 amide bonds. The first-order chi connectivity index (χ1) is 8.44. The SMILES string of the molecule is O=C(/C=C/c1ccc(Br)o1)N[C@@H]1CCS(=O)(=O)C1. The van der Waals surface area contributed by atoms with Gasteiger partial charge in [0.1, 0.15) is 5.76 Å². The van der Waals surface area contributed by atoms with Gasteiger partial charge in [-0.15, -0.1) is 0 Å². The number of sulfone groups is 1. The first kappa shape index (κ1) is 13.4. The lowest BCUT2D eigenvalue weighted by Gasteiger charge is -2.07. The van der Waals surface area contributed by atoms with Gasteiger partial charge >= 0.3 is 0 Å². The van der Waals surface area contributed by atoms with Gasteiger partial charge in [-0.25, -0.2) is 8.42 Å². The van der Waals surface area contributed by atoms with Crippen LogP contribution in [0, 0.1) is 0 Å². The maximum absolute atomic E-state index is 11.5. The van der Waals surface area contributed by atoms with Gasteiger partial charge in [-0.2, -0.15) is 0 Å². The van der Waals surface area contributed by atoms with E-state index in [-0.39, 0.29) is 23.5 Å². The molecule has 1 aromatic heterocycles. The number of carbonyl (C=O) groups excluding carboxylic acids is 1. The number of rotatable bonds is 3. The Morgan fingerprint density at radius 2 is 2.28 bits per heavy atom. The maximum Gasteiger partial charge on any atom is 0.244 e. The highest BCUT2D eigenvalue weighted by atomic mass is 79.9. The Morgan fingerprint density at radius 3 is 2.83 bits per heavy atom. The molecule has 5 nitrogen and oxygen atoms in total. The highest BCUT2D eigenvalue weighted by molar-refractivity contribution is 9.10. The summed E-state index contributed by atoms with van der Waals surface area (Å²) < 4.78 is 28.2. The lowest BCUT2D eigenvalue weighted by molar-refractivity contribution is -0.116. The molecule has 0 bridgehead atoms. The van der Waals surface area contributed by atoms with Gasteiger partial charge in [0.25, 0.3) is 0 Å². The zero-order chi connectivity index (χ0) is 13.2. The van der Waals surface area contributed by atoms with Gasteiger partial charge in [0.15, 0.2) is 14.5 Å². The van der Waals surface area contributed by atoms with Crippen LogP contribution in [-0.2, 0) is 14.6 Å². The fraction of sp³-hybridized carbons (Fsp3) is 0.364. The zero-order valence-corrected chi connectivity index (χ0v) is 11.8. The zero-order valence-electron chi connectivity index (χ0n) is 9.43. The van der Waals surface area contributed by atoms with Crippen LogP contribution in [0.1, 0.15) is 12.2 Å². The number of nitrogens with one attached hydrogen (secondary N) is 1. The van der Waals surface area contributed by atoms with Crippen LogP contribution in [0.2, 0.25) is 0 Å². The summed E-state index contributed by atoms with van der Waals surface area (Å²) in [6, 6.07) is 3.16. The summed E-state index contributed by atoms with van der Waals surface area (Å²) in [5, 5.41) is 2.65. The van der Waals surface area contributed by atoms with E-state index >= 15 is 0 Å². The molecule has 1 N–H and O–H groups in total. The Kier molecular flexibility index (Phi) is 3.91. The Balaban J connectivity index is 1.88.